The van der Waals surface area contributed by atoms with Crippen LogP contribution in [0.25, 0.3) is 0 Å². The maximum absolute atomic E-state index is 13.4. The van der Waals surface area contributed by atoms with E-state index in [1.165, 1.54) is 22.4 Å². The molecule has 5 rings (SSSR count). The monoisotopic (exact) mass is 650 g/mol. The van der Waals surface area contributed by atoms with Crippen molar-refractivity contribution in [1.82, 2.24) is 9.88 Å². The minimum absolute atomic E-state index is 0.182. The number of amides is 1. The van der Waals surface area contributed by atoms with Crippen molar-refractivity contribution in [2.24, 2.45) is 11.8 Å². The molecule has 3 aliphatic rings. The molecule has 2 saturated heterocycles. The first-order chi connectivity index (χ1) is 17.4. The minimum atomic E-state index is -0.182. The third-order valence-corrected chi connectivity index (χ3v) is 9.67. The van der Waals surface area contributed by atoms with Crippen molar-refractivity contribution >= 4 is 49.4 Å². The van der Waals surface area contributed by atoms with Gasteiger partial charge in [-0.2, -0.15) is 0 Å². The van der Waals surface area contributed by atoms with Crippen molar-refractivity contribution in [1.29, 1.82) is 0 Å². The number of hydrogen-bond donors (Lipinski definition) is 0. The van der Waals surface area contributed by atoms with Crippen LogP contribution in [0.5, 0.6) is 0 Å². The summed E-state index contributed by atoms with van der Waals surface area (Å²) in [5.74, 6) is 1.29. The van der Waals surface area contributed by atoms with Gasteiger partial charge in [-0.05, 0) is 129 Å². The third kappa shape index (κ3) is 6.13. The Morgan fingerprint density at radius 2 is 1.70 bits per heavy atom. The molecule has 1 aromatic heterocycles. The molecule has 1 atom stereocenters. The Kier molecular flexibility index (Phi) is 7.88. The number of aromatic nitrogens is 1. The van der Waals surface area contributed by atoms with Crippen molar-refractivity contribution in [3.63, 3.8) is 0 Å². The summed E-state index contributed by atoms with van der Waals surface area (Å²) in [7, 11) is 0. The van der Waals surface area contributed by atoms with Gasteiger partial charge in [-0.25, -0.2) is 0 Å². The number of hydrogen-bond acceptors (Lipinski definition) is 3. The first-order valence-corrected chi connectivity index (χ1v) is 15.5. The summed E-state index contributed by atoms with van der Waals surface area (Å²) in [5, 5.41) is 0.768. The molecule has 4 nitrogen and oxygen atoms in total. The molecule has 0 saturated carbocycles. The van der Waals surface area contributed by atoms with E-state index in [0.29, 0.717) is 24.2 Å². The molecular weight excluding hydrogens is 616 g/mol. The highest BCUT2D eigenvalue weighted by Crippen LogP contribution is 2.46. The summed E-state index contributed by atoms with van der Waals surface area (Å²) < 4.78 is 8.34. The topological polar surface area (TPSA) is 42.4 Å². The standard InChI is InChI=1S/C30H37Br2ClN2O2/c1-29(2)15-18(16-30(3,4)37-29)11-25(36)35-9-7-19(8-10-35)27-26-20(13-23(33)14-24(26)32)5-6-21-12-22(31)17-34-28(21)27/h12-14,17-19,27H,5-11,15-16H2,1-4H3/t27-/m1/s1. The number of carbonyl (C=O) groups excluding carboxylic acids is 1. The lowest BCUT2D eigenvalue weighted by molar-refractivity contribution is -0.175. The van der Waals surface area contributed by atoms with Crippen molar-refractivity contribution in [2.75, 3.05) is 13.1 Å². The SMILES string of the molecule is CC1(C)CC(CC(=O)N2CCC([C@H]3c4ncc(Br)cc4CCc4cc(Cl)cc(Br)c43)CC2)CC(C)(C)O1. The summed E-state index contributed by atoms with van der Waals surface area (Å²) in [4.78, 5) is 20.5. The van der Waals surface area contributed by atoms with Gasteiger partial charge in [-0.15, -0.1) is 0 Å². The Morgan fingerprint density at radius 1 is 1.05 bits per heavy atom. The molecule has 3 heterocycles. The molecule has 2 fully saturated rings. The second kappa shape index (κ2) is 10.6. The summed E-state index contributed by atoms with van der Waals surface area (Å²) in [5.41, 5.74) is 4.76. The predicted molar refractivity (Wildman–Crippen MR) is 156 cm³/mol. The zero-order valence-electron chi connectivity index (χ0n) is 22.3. The number of likely N-dealkylation sites (tertiary alicyclic amines) is 1. The highest BCUT2D eigenvalue weighted by atomic mass is 79.9. The fourth-order valence-electron chi connectivity index (χ4n) is 7.33. The highest BCUT2D eigenvalue weighted by molar-refractivity contribution is 9.10. The van der Waals surface area contributed by atoms with Crippen LogP contribution >= 0.6 is 43.5 Å². The quantitative estimate of drug-likeness (QED) is 0.337. The number of piperidine rings is 1. The van der Waals surface area contributed by atoms with Gasteiger partial charge in [0.25, 0.3) is 0 Å². The number of ether oxygens (including phenoxy) is 1. The fourth-order valence-corrected chi connectivity index (χ4v) is 8.83. The van der Waals surface area contributed by atoms with Crippen LogP contribution in [0.1, 0.15) is 88.1 Å². The number of nitrogens with zero attached hydrogens (tertiary/aromatic N) is 2. The molecule has 37 heavy (non-hydrogen) atoms. The van der Waals surface area contributed by atoms with E-state index in [1.807, 2.05) is 12.3 Å². The molecule has 200 valence electrons. The molecule has 2 aromatic rings. The average molecular weight is 653 g/mol. The maximum Gasteiger partial charge on any atom is 0.222 e. The molecule has 0 N–H and O–H groups in total. The smallest absolute Gasteiger partial charge is 0.222 e. The Hall–Kier alpha value is -0.950. The minimum Gasteiger partial charge on any atom is -0.370 e. The lowest BCUT2D eigenvalue weighted by Gasteiger charge is -2.45. The molecule has 2 aliphatic heterocycles. The number of rotatable bonds is 3. The number of aryl methyl sites for hydroxylation is 2. The third-order valence-electron chi connectivity index (χ3n) is 8.36. The van der Waals surface area contributed by atoms with E-state index in [1.54, 1.807) is 0 Å². The molecule has 1 amide bonds. The Labute approximate surface area is 243 Å². The van der Waals surface area contributed by atoms with Gasteiger partial charge in [0.15, 0.2) is 0 Å². The van der Waals surface area contributed by atoms with Crippen molar-refractivity contribution in [3.05, 3.63) is 60.7 Å². The van der Waals surface area contributed by atoms with Gasteiger partial charge in [-0.1, -0.05) is 27.5 Å². The van der Waals surface area contributed by atoms with E-state index >= 15 is 0 Å². The van der Waals surface area contributed by atoms with Gasteiger partial charge >= 0.3 is 0 Å². The largest absolute Gasteiger partial charge is 0.370 e. The molecule has 0 spiro atoms. The zero-order chi connectivity index (χ0) is 26.5. The normalized spacial score (nSPS) is 23.8. The second-order valence-corrected chi connectivity index (χ2v) is 14.7. The van der Waals surface area contributed by atoms with Crippen LogP contribution in [-0.4, -0.2) is 40.1 Å². The van der Waals surface area contributed by atoms with Crippen molar-refractivity contribution in [2.45, 2.75) is 89.8 Å². The second-order valence-electron chi connectivity index (χ2n) is 12.5. The van der Waals surface area contributed by atoms with Crippen LogP contribution in [0.15, 0.2) is 33.3 Å². The van der Waals surface area contributed by atoms with Crippen molar-refractivity contribution in [3.8, 4) is 0 Å². The molecule has 7 heteroatoms. The average Bonchev–Trinajstić information content (AvgIpc) is 2.94. The van der Waals surface area contributed by atoms with Crippen LogP contribution in [0.3, 0.4) is 0 Å². The van der Waals surface area contributed by atoms with Gasteiger partial charge in [-0.3, -0.25) is 9.78 Å². The first-order valence-electron chi connectivity index (χ1n) is 13.5. The van der Waals surface area contributed by atoms with Crippen LogP contribution in [0.4, 0.5) is 0 Å². The lowest BCUT2D eigenvalue weighted by Crippen LogP contribution is -2.47. The summed E-state index contributed by atoms with van der Waals surface area (Å²) in [6.07, 6.45) is 8.28. The number of benzene rings is 1. The summed E-state index contributed by atoms with van der Waals surface area (Å²) in [6.45, 7) is 10.2. The zero-order valence-corrected chi connectivity index (χ0v) is 26.2. The van der Waals surface area contributed by atoms with E-state index < -0.39 is 0 Å². The van der Waals surface area contributed by atoms with Gasteiger partial charge in [0.1, 0.15) is 0 Å². The molecule has 1 aromatic carbocycles. The van der Waals surface area contributed by atoms with Gasteiger partial charge in [0.2, 0.25) is 5.91 Å². The van der Waals surface area contributed by atoms with Crippen LogP contribution in [0.2, 0.25) is 5.02 Å². The molecule has 0 radical (unpaired) electrons. The predicted octanol–water partition coefficient (Wildman–Crippen LogP) is 8.10. The van der Waals surface area contributed by atoms with E-state index in [-0.39, 0.29) is 17.1 Å². The number of pyridine rings is 1. The lowest BCUT2D eigenvalue weighted by atomic mass is 9.76. The van der Waals surface area contributed by atoms with E-state index in [2.05, 4.69) is 76.6 Å². The number of halogens is 3. The highest BCUT2D eigenvalue weighted by Gasteiger charge is 2.41. The fraction of sp³-hybridized carbons (Fsp3) is 0.600. The Morgan fingerprint density at radius 3 is 2.38 bits per heavy atom. The molecule has 0 unspecified atom stereocenters. The Balaban J connectivity index is 1.34. The Bertz CT molecular complexity index is 1170. The summed E-state index contributed by atoms with van der Waals surface area (Å²) >= 11 is 13.9. The van der Waals surface area contributed by atoms with Gasteiger partial charge in [0.05, 0.1) is 16.9 Å². The molecule has 1 aliphatic carbocycles. The number of fused-ring (bicyclic) bond motifs is 2. The van der Waals surface area contributed by atoms with E-state index in [4.69, 9.17) is 21.3 Å². The van der Waals surface area contributed by atoms with Crippen LogP contribution in [0, 0.1) is 11.8 Å². The first kappa shape index (κ1) is 27.6. The van der Waals surface area contributed by atoms with Crippen LogP contribution < -0.4 is 0 Å². The van der Waals surface area contributed by atoms with E-state index in [0.717, 1.165) is 65.6 Å². The van der Waals surface area contributed by atoms with Gasteiger partial charge < -0.3 is 9.64 Å². The van der Waals surface area contributed by atoms with E-state index in [9.17, 15) is 4.79 Å². The van der Waals surface area contributed by atoms with Crippen LogP contribution in [-0.2, 0) is 22.4 Å². The van der Waals surface area contributed by atoms with Crippen molar-refractivity contribution < 1.29 is 9.53 Å². The summed E-state index contributed by atoms with van der Waals surface area (Å²) in [6, 6.07) is 6.38. The molecule has 0 bridgehead atoms. The number of carbonyl (C=O) groups is 1. The maximum atomic E-state index is 13.4. The van der Waals surface area contributed by atoms with Gasteiger partial charge in [0, 0.05) is 45.6 Å². The molecular formula is C30H37Br2ClN2O2.